The van der Waals surface area contributed by atoms with Crippen molar-refractivity contribution in [3.05, 3.63) is 22.7 Å². The minimum Gasteiger partial charge on any atom is -0.399 e. The normalized spacial score (nSPS) is 11.3. The van der Waals surface area contributed by atoms with Gasteiger partial charge < -0.3 is 16.8 Å². The number of nitrogen functional groups attached to an aromatic ring is 1. The zero-order chi connectivity index (χ0) is 13.2. The number of benzene rings is 1. The Labute approximate surface area is 106 Å². The van der Waals surface area contributed by atoms with Crippen molar-refractivity contribution < 1.29 is 4.79 Å². The molecule has 0 atom stereocenters. The number of hydrogen-bond donors (Lipinski definition) is 3. The summed E-state index contributed by atoms with van der Waals surface area (Å²) in [6, 6.07) is 3.12. The van der Waals surface area contributed by atoms with Crippen LogP contribution in [0.5, 0.6) is 0 Å². The first kappa shape index (κ1) is 13.6. The number of amides is 1. The zero-order valence-corrected chi connectivity index (χ0v) is 11.1. The van der Waals surface area contributed by atoms with Crippen molar-refractivity contribution in [2.45, 2.75) is 20.8 Å². The molecule has 0 bridgehead atoms. The molecule has 0 radical (unpaired) electrons. The minimum atomic E-state index is -0.546. The first-order chi connectivity index (χ1) is 7.70. The molecule has 0 aromatic heterocycles. The van der Waals surface area contributed by atoms with Crippen LogP contribution < -0.4 is 16.8 Å². The van der Waals surface area contributed by atoms with Crippen LogP contribution in [0.15, 0.2) is 12.1 Å². The Morgan fingerprint density at radius 3 is 2.47 bits per heavy atom. The Kier molecular flexibility index (Phi) is 3.88. The number of halogens is 1. The quantitative estimate of drug-likeness (QED) is 0.726. The van der Waals surface area contributed by atoms with Crippen molar-refractivity contribution in [3.8, 4) is 0 Å². The molecule has 5 heteroatoms. The van der Waals surface area contributed by atoms with E-state index in [1.807, 2.05) is 0 Å². The summed E-state index contributed by atoms with van der Waals surface area (Å²) in [7, 11) is 0. The van der Waals surface area contributed by atoms with Crippen LogP contribution in [0.2, 0.25) is 5.02 Å². The van der Waals surface area contributed by atoms with E-state index >= 15 is 0 Å². The van der Waals surface area contributed by atoms with Gasteiger partial charge in [0.1, 0.15) is 0 Å². The van der Waals surface area contributed by atoms with Gasteiger partial charge in [0.15, 0.2) is 0 Å². The lowest BCUT2D eigenvalue weighted by molar-refractivity contribution is 0.100. The second-order valence-electron chi connectivity index (χ2n) is 5.20. The van der Waals surface area contributed by atoms with Crippen LogP contribution in [-0.4, -0.2) is 12.5 Å². The predicted molar refractivity (Wildman–Crippen MR) is 72.3 cm³/mol. The zero-order valence-electron chi connectivity index (χ0n) is 10.3. The lowest BCUT2D eigenvalue weighted by Crippen LogP contribution is -2.22. The molecule has 4 nitrogen and oxygen atoms in total. The minimum absolute atomic E-state index is 0.0691. The molecule has 1 aromatic rings. The Hall–Kier alpha value is -1.42. The fraction of sp³-hybridized carbons (Fsp3) is 0.417. The van der Waals surface area contributed by atoms with Crippen LogP contribution in [-0.2, 0) is 0 Å². The van der Waals surface area contributed by atoms with Gasteiger partial charge in [-0.25, -0.2) is 0 Å². The maximum Gasteiger partial charge on any atom is 0.250 e. The lowest BCUT2D eigenvalue weighted by Gasteiger charge is -2.21. The molecular weight excluding hydrogens is 238 g/mol. The van der Waals surface area contributed by atoms with Gasteiger partial charge in [0.25, 0.3) is 5.91 Å². The summed E-state index contributed by atoms with van der Waals surface area (Å²) >= 11 is 6.06. The number of nitrogens with two attached hydrogens (primary N) is 2. The summed E-state index contributed by atoms with van der Waals surface area (Å²) in [5, 5.41) is 3.55. The molecule has 1 rings (SSSR count). The van der Waals surface area contributed by atoms with Gasteiger partial charge in [-0.15, -0.1) is 0 Å². The first-order valence-electron chi connectivity index (χ1n) is 5.33. The average Bonchev–Trinajstić information content (AvgIpc) is 2.13. The number of rotatable bonds is 3. The molecule has 0 saturated heterocycles. The SMILES string of the molecule is CC(C)(C)CNc1c(Cl)cc(N)cc1C(N)=O. The summed E-state index contributed by atoms with van der Waals surface area (Å²) in [5.74, 6) is -0.546. The van der Waals surface area contributed by atoms with Crippen molar-refractivity contribution in [2.24, 2.45) is 11.1 Å². The van der Waals surface area contributed by atoms with E-state index in [4.69, 9.17) is 23.1 Å². The van der Waals surface area contributed by atoms with Crippen molar-refractivity contribution in [2.75, 3.05) is 17.6 Å². The highest BCUT2D eigenvalue weighted by atomic mass is 35.5. The standard InChI is InChI=1S/C12H18ClN3O/c1-12(2,3)6-16-10-8(11(15)17)4-7(14)5-9(10)13/h4-5,16H,6,14H2,1-3H3,(H2,15,17). The molecule has 0 saturated carbocycles. The number of nitrogens with one attached hydrogen (secondary N) is 1. The largest absolute Gasteiger partial charge is 0.399 e. The summed E-state index contributed by atoms with van der Waals surface area (Å²) in [5.41, 5.74) is 12.3. The van der Waals surface area contributed by atoms with Crippen molar-refractivity contribution in [3.63, 3.8) is 0 Å². The monoisotopic (exact) mass is 255 g/mol. The molecule has 5 N–H and O–H groups in total. The van der Waals surface area contributed by atoms with E-state index in [0.29, 0.717) is 28.5 Å². The van der Waals surface area contributed by atoms with Crippen LogP contribution in [0.4, 0.5) is 11.4 Å². The lowest BCUT2D eigenvalue weighted by atomic mass is 9.96. The van der Waals surface area contributed by atoms with Gasteiger partial charge in [-0.3, -0.25) is 4.79 Å². The molecule has 17 heavy (non-hydrogen) atoms. The highest BCUT2D eigenvalue weighted by Crippen LogP contribution is 2.30. The van der Waals surface area contributed by atoms with E-state index in [2.05, 4.69) is 26.1 Å². The van der Waals surface area contributed by atoms with Crippen LogP contribution in [0, 0.1) is 5.41 Å². The third kappa shape index (κ3) is 3.82. The molecular formula is C12H18ClN3O. The number of primary amides is 1. The fourth-order valence-electron chi connectivity index (χ4n) is 1.36. The van der Waals surface area contributed by atoms with E-state index in [1.165, 1.54) is 6.07 Å². The number of anilines is 2. The van der Waals surface area contributed by atoms with Crippen LogP contribution in [0.1, 0.15) is 31.1 Å². The van der Waals surface area contributed by atoms with E-state index < -0.39 is 5.91 Å². The van der Waals surface area contributed by atoms with E-state index in [9.17, 15) is 4.79 Å². The second kappa shape index (κ2) is 4.84. The molecule has 0 unspecified atom stereocenters. The summed E-state index contributed by atoms with van der Waals surface area (Å²) in [4.78, 5) is 11.3. The van der Waals surface area contributed by atoms with Gasteiger partial charge in [0, 0.05) is 12.2 Å². The van der Waals surface area contributed by atoms with Crippen LogP contribution in [0.3, 0.4) is 0 Å². The first-order valence-corrected chi connectivity index (χ1v) is 5.71. The van der Waals surface area contributed by atoms with Gasteiger partial charge in [0.2, 0.25) is 0 Å². The molecule has 1 amide bonds. The number of hydrogen-bond acceptors (Lipinski definition) is 3. The van der Waals surface area contributed by atoms with Crippen LogP contribution in [0.25, 0.3) is 0 Å². The Morgan fingerprint density at radius 1 is 1.41 bits per heavy atom. The summed E-state index contributed by atoms with van der Waals surface area (Å²) in [6.07, 6.45) is 0. The van der Waals surface area contributed by atoms with Gasteiger partial charge in [-0.05, 0) is 17.5 Å². The molecule has 0 aliphatic rings. The van der Waals surface area contributed by atoms with Gasteiger partial charge in [-0.2, -0.15) is 0 Å². The molecule has 1 aromatic carbocycles. The van der Waals surface area contributed by atoms with Crippen molar-refractivity contribution in [1.29, 1.82) is 0 Å². The number of carbonyl (C=O) groups is 1. The second-order valence-corrected chi connectivity index (χ2v) is 5.61. The predicted octanol–water partition coefficient (Wildman–Crippen LogP) is 2.48. The third-order valence-corrected chi connectivity index (χ3v) is 2.47. The van der Waals surface area contributed by atoms with Gasteiger partial charge in [0.05, 0.1) is 16.3 Å². The average molecular weight is 256 g/mol. The number of carbonyl (C=O) groups excluding carboxylic acids is 1. The highest BCUT2D eigenvalue weighted by molar-refractivity contribution is 6.34. The van der Waals surface area contributed by atoms with E-state index in [0.717, 1.165) is 0 Å². The smallest absolute Gasteiger partial charge is 0.250 e. The topological polar surface area (TPSA) is 81.1 Å². The third-order valence-electron chi connectivity index (χ3n) is 2.17. The van der Waals surface area contributed by atoms with Gasteiger partial charge in [-0.1, -0.05) is 32.4 Å². The fourth-order valence-corrected chi connectivity index (χ4v) is 1.65. The van der Waals surface area contributed by atoms with Crippen LogP contribution >= 0.6 is 11.6 Å². The summed E-state index contributed by atoms with van der Waals surface area (Å²) in [6.45, 7) is 6.91. The maximum atomic E-state index is 11.3. The van der Waals surface area contributed by atoms with Gasteiger partial charge >= 0.3 is 0 Å². The van der Waals surface area contributed by atoms with Crippen molar-refractivity contribution in [1.82, 2.24) is 0 Å². The van der Waals surface area contributed by atoms with E-state index in [1.54, 1.807) is 6.07 Å². The Balaban J connectivity index is 3.09. The maximum absolute atomic E-state index is 11.3. The van der Waals surface area contributed by atoms with E-state index in [-0.39, 0.29) is 5.41 Å². The van der Waals surface area contributed by atoms with Crippen molar-refractivity contribution >= 4 is 28.9 Å². The Morgan fingerprint density at radius 2 is 2.00 bits per heavy atom. The molecule has 0 spiro atoms. The Bertz CT molecular complexity index is 438. The molecule has 0 heterocycles. The highest BCUT2D eigenvalue weighted by Gasteiger charge is 2.16. The molecule has 0 aliphatic carbocycles. The molecule has 94 valence electrons. The summed E-state index contributed by atoms with van der Waals surface area (Å²) < 4.78 is 0. The molecule has 0 aliphatic heterocycles. The molecule has 0 fully saturated rings.